The molecule has 1 fully saturated rings. The summed E-state index contributed by atoms with van der Waals surface area (Å²) in [6.07, 6.45) is 11.8. The van der Waals surface area contributed by atoms with Crippen LogP contribution in [-0.4, -0.2) is 25.7 Å². The van der Waals surface area contributed by atoms with Crippen molar-refractivity contribution in [2.45, 2.75) is 63.6 Å². The largest absolute Gasteiger partial charge is 0.495 e. The monoisotopic (exact) mass is 448 g/mol. The molecule has 2 aliphatic carbocycles. The van der Waals surface area contributed by atoms with Crippen LogP contribution in [0.15, 0.2) is 65.8 Å². The molecule has 1 heterocycles. The van der Waals surface area contributed by atoms with Crippen LogP contribution in [0.3, 0.4) is 0 Å². The van der Waals surface area contributed by atoms with Crippen LogP contribution in [0.1, 0.15) is 55.7 Å². The van der Waals surface area contributed by atoms with E-state index in [1.54, 1.807) is 18.3 Å². The molecule has 3 atom stereocenters. The minimum Gasteiger partial charge on any atom is -0.495 e. The van der Waals surface area contributed by atoms with Crippen molar-refractivity contribution < 1.29 is 4.74 Å². The molecule has 0 aromatic heterocycles. The fourth-order valence-corrected chi connectivity index (χ4v) is 5.87. The van der Waals surface area contributed by atoms with E-state index in [2.05, 4.69) is 59.6 Å². The second-order valence-corrected chi connectivity index (χ2v) is 9.84. The molecule has 2 aromatic carbocycles. The summed E-state index contributed by atoms with van der Waals surface area (Å²) in [5.41, 5.74) is 6.97. The SMILES string of the molecule is COc1cc(C)ccc1N1CCC(NC2CCC3=C2CCC=C3)CC1c1ccc(Cl)cc1. The highest BCUT2D eigenvalue weighted by atomic mass is 35.5. The van der Waals surface area contributed by atoms with Gasteiger partial charge in [-0.1, -0.05) is 42.0 Å². The van der Waals surface area contributed by atoms with Crippen LogP contribution in [0.2, 0.25) is 5.02 Å². The summed E-state index contributed by atoms with van der Waals surface area (Å²) in [6, 6.07) is 16.3. The number of aryl methyl sites for hydroxylation is 1. The van der Waals surface area contributed by atoms with Crippen LogP contribution in [0, 0.1) is 6.92 Å². The quantitative estimate of drug-likeness (QED) is 0.546. The number of methoxy groups -OCH3 is 1. The van der Waals surface area contributed by atoms with Gasteiger partial charge in [0.05, 0.1) is 18.8 Å². The topological polar surface area (TPSA) is 24.5 Å². The van der Waals surface area contributed by atoms with Crippen LogP contribution in [0.25, 0.3) is 0 Å². The first-order valence-corrected chi connectivity index (χ1v) is 12.3. The van der Waals surface area contributed by atoms with Gasteiger partial charge in [0.25, 0.3) is 0 Å². The van der Waals surface area contributed by atoms with E-state index in [4.69, 9.17) is 16.3 Å². The average Bonchev–Trinajstić information content (AvgIpc) is 3.22. The Morgan fingerprint density at radius 3 is 2.72 bits per heavy atom. The van der Waals surface area contributed by atoms with Crippen LogP contribution >= 0.6 is 11.6 Å². The Morgan fingerprint density at radius 1 is 1.06 bits per heavy atom. The molecule has 32 heavy (non-hydrogen) atoms. The van der Waals surface area contributed by atoms with E-state index >= 15 is 0 Å². The molecule has 0 bridgehead atoms. The van der Waals surface area contributed by atoms with Gasteiger partial charge in [0, 0.05) is 23.7 Å². The van der Waals surface area contributed by atoms with Gasteiger partial charge < -0.3 is 15.0 Å². The molecule has 1 N–H and O–H groups in total. The Balaban J connectivity index is 1.41. The standard InChI is InChI=1S/C28H33ClN2O/c1-19-7-14-26(28(17-19)32-2)31-16-15-23(18-27(31)21-8-11-22(29)12-9-21)30-25-13-10-20-5-3-4-6-24(20)25/h3,5,7-9,11-12,14,17,23,25,27,30H,4,6,10,13,15-16,18H2,1-2H3. The third-order valence-electron chi connectivity index (χ3n) is 7.37. The van der Waals surface area contributed by atoms with Gasteiger partial charge in [-0.2, -0.15) is 0 Å². The summed E-state index contributed by atoms with van der Waals surface area (Å²) in [5, 5.41) is 4.85. The molecule has 5 rings (SSSR count). The maximum atomic E-state index is 6.22. The molecule has 1 aliphatic heterocycles. The Labute approximate surface area is 197 Å². The summed E-state index contributed by atoms with van der Waals surface area (Å²) in [6.45, 7) is 3.12. The van der Waals surface area contributed by atoms with E-state index in [0.29, 0.717) is 12.1 Å². The molecule has 3 unspecified atom stereocenters. The van der Waals surface area contributed by atoms with E-state index in [1.807, 2.05) is 12.1 Å². The zero-order valence-electron chi connectivity index (χ0n) is 19.1. The first kappa shape index (κ1) is 21.6. The summed E-state index contributed by atoms with van der Waals surface area (Å²) >= 11 is 6.22. The highest BCUT2D eigenvalue weighted by molar-refractivity contribution is 6.30. The zero-order valence-corrected chi connectivity index (χ0v) is 19.9. The maximum Gasteiger partial charge on any atom is 0.142 e. The molecule has 0 saturated carbocycles. The Hall–Kier alpha value is -2.23. The van der Waals surface area contributed by atoms with Crippen LogP contribution in [0.5, 0.6) is 5.75 Å². The van der Waals surface area contributed by atoms with Gasteiger partial charge in [-0.3, -0.25) is 0 Å². The van der Waals surface area contributed by atoms with E-state index in [9.17, 15) is 0 Å². The van der Waals surface area contributed by atoms with Crippen molar-refractivity contribution in [2.24, 2.45) is 0 Å². The number of halogens is 1. The second kappa shape index (κ2) is 9.33. The molecule has 2 aromatic rings. The number of rotatable bonds is 5. The van der Waals surface area contributed by atoms with Crippen molar-refractivity contribution in [3.8, 4) is 5.75 Å². The van der Waals surface area contributed by atoms with Gasteiger partial charge >= 0.3 is 0 Å². The summed E-state index contributed by atoms with van der Waals surface area (Å²) in [4.78, 5) is 2.53. The molecule has 4 heteroatoms. The number of ether oxygens (including phenoxy) is 1. The number of allylic oxidation sites excluding steroid dienone is 3. The minimum absolute atomic E-state index is 0.288. The minimum atomic E-state index is 0.288. The first-order chi connectivity index (χ1) is 15.6. The van der Waals surface area contributed by atoms with Crippen LogP contribution < -0.4 is 15.0 Å². The first-order valence-electron chi connectivity index (χ1n) is 11.9. The number of anilines is 1. The molecule has 0 spiro atoms. The Morgan fingerprint density at radius 2 is 1.91 bits per heavy atom. The van der Waals surface area contributed by atoms with E-state index in [1.165, 1.54) is 42.5 Å². The number of nitrogens with one attached hydrogen (secondary N) is 1. The lowest BCUT2D eigenvalue weighted by molar-refractivity contribution is 0.333. The molecule has 168 valence electrons. The summed E-state index contributed by atoms with van der Waals surface area (Å²) in [5.74, 6) is 0.954. The second-order valence-electron chi connectivity index (χ2n) is 9.41. The third-order valence-corrected chi connectivity index (χ3v) is 7.63. The molecule has 0 amide bonds. The van der Waals surface area contributed by atoms with Crippen molar-refractivity contribution in [1.29, 1.82) is 0 Å². The number of nitrogens with zero attached hydrogens (tertiary/aromatic N) is 1. The van der Waals surface area contributed by atoms with E-state index in [-0.39, 0.29) is 6.04 Å². The fraction of sp³-hybridized carbons (Fsp3) is 0.429. The van der Waals surface area contributed by atoms with Crippen molar-refractivity contribution in [3.05, 3.63) is 81.9 Å². The number of benzene rings is 2. The lowest BCUT2D eigenvalue weighted by Crippen LogP contribution is -2.47. The number of hydrogen-bond donors (Lipinski definition) is 1. The molecular formula is C28H33ClN2O. The van der Waals surface area contributed by atoms with Crippen molar-refractivity contribution >= 4 is 17.3 Å². The highest BCUT2D eigenvalue weighted by Crippen LogP contribution is 2.41. The van der Waals surface area contributed by atoms with Gasteiger partial charge in [0.1, 0.15) is 5.75 Å². The lowest BCUT2D eigenvalue weighted by atomic mass is 9.89. The highest BCUT2D eigenvalue weighted by Gasteiger charge is 2.34. The van der Waals surface area contributed by atoms with Gasteiger partial charge in [-0.15, -0.1) is 0 Å². The summed E-state index contributed by atoms with van der Waals surface area (Å²) < 4.78 is 5.79. The van der Waals surface area contributed by atoms with E-state index < -0.39 is 0 Å². The number of hydrogen-bond acceptors (Lipinski definition) is 3. The smallest absolute Gasteiger partial charge is 0.142 e. The van der Waals surface area contributed by atoms with Gasteiger partial charge in [0.2, 0.25) is 0 Å². The van der Waals surface area contributed by atoms with Gasteiger partial charge in [-0.05, 0) is 92.0 Å². The fourth-order valence-electron chi connectivity index (χ4n) is 5.74. The maximum absolute atomic E-state index is 6.22. The van der Waals surface area contributed by atoms with Crippen molar-refractivity contribution in [3.63, 3.8) is 0 Å². The predicted octanol–water partition coefficient (Wildman–Crippen LogP) is 6.77. The average molecular weight is 449 g/mol. The van der Waals surface area contributed by atoms with E-state index in [0.717, 1.165) is 30.2 Å². The molecular weight excluding hydrogens is 416 g/mol. The van der Waals surface area contributed by atoms with Crippen molar-refractivity contribution in [2.75, 3.05) is 18.6 Å². The lowest BCUT2D eigenvalue weighted by Gasteiger charge is -2.43. The van der Waals surface area contributed by atoms with Crippen LogP contribution in [-0.2, 0) is 0 Å². The van der Waals surface area contributed by atoms with Gasteiger partial charge in [0.15, 0.2) is 0 Å². The van der Waals surface area contributed by atoms with Gasteiger partial charge in [-0.25, -0.2) is 0 Å². The Bertz CT molecular complexity index is 1030. The summed E-state index contributed by atoms with van der Waals surface area (Å²) in [7, 11) is 1.77. The van der Waals surface area contributed by atoms with Crippen LogP contribution in [0.4, 0.5) is 5.69 Å². The normalized spacial score (nSPS) is 25.2. The number of piperidine rings is 1. The molecule has 3 nitrogen and oxygen atoms in total. The molecule has 1 saturated heterocycles. The van der Waals surface area contributed by atoms with Crippen molar-refractivity contribution in [1.82, 2.24) is 5.32 Å². The molecule has 0 radical (unpaired) electrons. The molecule has 3 aliphatic rings. The predicted molar refractivity (Wildman–Crippen MR) is 134 cm³/mol. The Kier molecular flexibility index (Phi) is 6.30. The zero-order chi connectivity index (χ0) is 22.1. The third kappa shape index (κ3) is 4.33.